The minimum absolute atomic E-state index is 0.314. The highest BCUT2D eigenvalue weighted by atomic mass is 16.6. The summed E-state index contributed by atoms with van der Waals surface area (Å²) >= 11 is 0. The number of fused-ring (bicyclic) bond motifs is 3. The van der Waals surface area contributed by atoms with E-state index < -0.39 is 0 Å². The average Bonchev–Trinajstić information content (AvgIpc) is 3.84. The first-order valence-electron chi connectivity index (χ1n) is 16.3. The lowest BCUT2D eigenvalue weighted by Crippen LogP contribution is -2.05. The highest BCUT2D eigenvalue weighted by Crippen LogP contribution is 2.47. The fraction of sp³-hybridized carbons (Fsp3) is 0.400. The van der Waals surface area contributed by atoms with Crippen molar-refractivity contribution in [2.24, 2.45) is 0 Å². The van der Waals surface area contributed by atoms with E-state index in [0.29, 0.717) is 30.5 Å². The Morgan fingerprint density at radius 3 is 1.81 bits per heavy atom. The van der Waals surface area contributed by atoms with E-state index in [1.54, 1.807) is 0 Å². The van der Waals surface area contributed by atoms with Crippen LogP contribution in [0.15, 0.2) is 84.9 Å². The Labute approximate surface area is 258 Å². The molecule has 1 saturated heterocycles. The molecule has 6 rings (SSSR count). The second kappa shape index (κ2) is 13.5. The summed E-state index contributed by atoms with van der Waals surface area (Å²) in [6, 6.07) is 32.1. The van der Waals surface area contributed by atoms with Crippen molar-refractivity contribution in [2.75, 3.05) is 26.4 Å². The summed E-state index contributed by atoms with van der Waals surface area (Å²) < 4.78 is 16.8. The van der Waals surface area contributed by atoms with Gasteiger partial charge in [-0.3, -0.25) is 0 Å². The van der Waals surface area contributed by atoms with Gasteiger partial charge in [-0.1, -0.05) is 107 Å². The van der Waals surface area contributed by atoms with Gasteiger partial charge in [0.15, 0.2) is 0 Å². The van der Waals surface area contributed by atoms with Gasteiger partial charge in [0.25, 0.3) is 0 Å². The molecule has 224 valence electrons. The van der Waals surface area contributed by atoms with Gasteiger partial charge in [-0.05, 0) is 81.5 Å². The van der Waals surface area contributed by atoms with Crippen LogP contribution in [0.5, 0.6) is 5.75 Å². The minimum Gasteiger partial charge on any atom is -0.494 e. The Bertz CT molecular complexity index is 1500. The van der Waals surface area contributed by atoms with Gasteiger partial charge in [-0.2, -0.15) is 0 Å². The third-order valence-electron chi connectivity index (χ3n) is 9.43. The zero-order valence-corrected chi connectivity index (χ0v) is 26.3. The number of aryl methyl sites for hydroxylation is 1. The maximum Gasteiger partial charge on any atom is 0.119 e. The third kappa shape index (κ3) is 6.89. The standard InChI is InChI=1S/C40H46O3/c1-5-8-30-9-11-31(12-10-30)27(2)33-15-19-37-38-20-16-34(24-40(38)29(4)39(37)23-33)28(3)32-13-17-35(18-14-32)42-22-7-6-21-41-25-36-26-43-36/h9-20,23-24,27-29,36H,5-8,21-22,25-26H2,1-4H3. The number of hydrogen-bond donors (Lipinski definition) is 0. The fourth-order valence-electron chi connectivity index (χ4n) is 6.45. The van der Waals surface area contributed by atoms with Crippen LogP contribution in [0.4, 0.5) is 0 Å². The van der Waals surface area contributed by atoms with E-state index >= 15 is 0 Å². The highest BCUT2D eigenvalue weighted by Gasteiger charge is 2.27. The predicted molar refractivity (Wildman–Crippen MR) is 177 cm³/mol. The quantitative estimate of drug-likeness (QED) is 0.111. The number of ether oxygens (including phenoxy) is 3. The van der Waals surface area contributed by atoms with Crippen molar-refractivity contribution in [1.29, 1.82) is 0 Å². The van der Waals surface area contributed by atoms with E-state index in [1.807, 2.05) is 0 Å². The van der Waals surface area contributed by atoms with Gasteiger partial charge in [0.05, 0.1) is 19.8 Å². The van der Waals surface area contributed by atoms with Crippen LogP contribution in [-0.2, 0) is 15.9 Å². The number of benzene rings is 4. The smallest absolute Gasteiger partial charge is 0.119 e. The third-order valence-corrected chi connectivity index (χ3v) is 9.43. The molecule has 1 fully saturated rings. The normalized spacial score (nSPS) is 18.1. The van der Waals surface area contributed by atoms with E-state index in [1.165, 1.54) is 56.5 Å². The summed E-state index contributed by atoms with van der Waals surface area (Å²) in [5.41, 5.74) is 12.6. The summed E-state index contributed by atoms with van der Waals surface area (Å²) in [5.74, 6) is 2.01. The molecular formula is C40H46O3. The first-order chi connectivity index (χ1) is 21.0. The molecule has 4 aromatic rings. The summed E-state index contributed by atoms with van der Waals surface area (Å²) in [5, 5.41) is 0. The second-order valence-corrected chi connectivity index (χ2v) is 12.5. The molecule has 0 radical (unpaired) electrons. The van der Waals surface area contributed by atoms with Crippen LogP contribution in [0.3, 0.4) is 0 Å². The zero-order valence-electron chi connectivity index (χ0n) is 26.3. The summed E-state index contributed by atoms with van der Waals surface area (Å²) in [6.07, 6.45) is 4.68. The summed E-state index contributed by atoms with van der Waals surface area (Å²) in [4.78, 5) is 0. The number of unbranched alkanes of at least 4 members (excludes halogenated alkanes) is 1. The second-order valence-electron chi connectivity index (χ2n) is 12.5. The molecule has 43 heavy (non-hydrogen) atoms. The molecule has 0 bridgehead atoms. The van der Waals surface area contributed by atoms with Gasteiger partial charge in [-0.15, -0.1) is 0 Å². The van der Waals surface area contributed by atoms with Gasteiger partial charge in [-0.25, -0.2) is 0 Å². The molecule has 3 nitrogen and oxygen atoms in total. The predicted octanol–water partition coefficient (Wildman–Crippen LogP) is 9.65. The van der Waals surface area contributed by atoms with E-state index in [0.717, 1.165) is 44.8 Å². The van der Waals surface area contributed by atoms with Gasteiger partial charge in [0, 0.05) is 24.4 Å². The summed E-state index contributed by atoms with van der Waals surface area (Å²) in [6.45, 7) is 12.3. The van der Waals surface area contributed by atoms with Crippen LogP contribution < -0.4 is 4.74 Å². The minimum atomic E-state index is 0.314. The zero-order chi connectivity index (χ0) is 29.8. The van der Waals surface area contributed by atoms with Crippen molar-refractivity contribution in [3.63, 3.8) is 0 Å². The highest BCUT2D eigenvalue weighted by molar-refractivity contribution is 5.79. The molecule has 1 aliphatic heterocycles. The topological polar surface area (TPSA) is 31.0 Å². The lowest BCUT2D eigenvalue weighted by Gasteiger charge is -2.16. The molecule has 4 atom stereocenters. The van der Waals surface area contributed by atoms with Crippen molar-refractivity contribution in [3.05, 3.63) is 124 Å². The maximum atomic E-state index is 5.99. The molecule has 0 N–H and O–H groups in total. The molecule has 4 aromatic carbocycles. The van der Waals surface area contributed by atoms with Crippen molar-refractivity contribution in [1.82, 2.24) is 0 Å². The molecule has 3 heteroatoms. The molecule has 1 heterocycles. The first-order valence-corrected chi connectivity index (χ1v) is 16.3. The Hall–Kier alpha value is -3.40. The lowest BCUT2D eigenvalue weighted by atomic mass is 9.88. The van der Waals surface area contributed by atoms with E-state index in [4.69, 9.17) is 14.2 Å². The van der Waals surface area contributed by atoms with Crippen molar-refractivity contribution < 1.29 is 14.2 Å². The Kier molecular flexibility index (Phi) is 9.31. The molecule has 0 spiro atoms. The first kappa shape index (κ1) is 29.7. The van der Waals surface area contributed by atoms with Crippen LogP contribution in [0.2, 0.25) is 0 Å². The molecule has 0 amide bonds. The fourth-order valence-corrected chi connectivity index (χ4v) is 6.45. The van der Waals surface area contributed by atoms with Crippen molar-refractivity contribution in [2.45, 2.75) is 77.2 Å². The SMILES string of the molecule is CCCc1ccc(C(C)c2ccc3c(c2)C(C)c2cc(C(C)c4ccc(OCCCCOCC5CO5)cc4)ccc2-3)cc1. The van der Waals surface area contributed by atoms with E-state index in [2.05, 4.69) is 113 Å². The van der Waals surface area contributed by atoms with Crippen LogP contribution in [-0.4, -0.2) is 32.5 Å². The van der Waals surface area contributed by atoms with Crippen LogP contribution >= 0.6 is 0 Å². The van der Waals surface area contributed by atoms with Gasteiger partial charge < -0.3 is 14.2 Å². The number of hydrogen-bond acceptors (Lipinski definition) is 3. The van der Waals surface area contributed by atoms with E-state index in [9.17, 15) is 0 Å². The molecule has 2 aliphatic rings. The Balaban J connectivity index is 1.08. The van der Waals surface area contributed by atoms with E-state index in [-0.39, 0.29) is 0 Å². The molecule has 0 saturated carbocycles. The van der Waals surface area contributed by atoms with Crippen LogP contribution in [0, 0.1) is 0 Å². The Morgan fingerprint density at radius 2 is 1.26 bits per heavy atom. The molecule has 4 unspecified atom stereocenters. The monoisotopic (exact) mass is 574 g/mol. The lowest BCUT2D eigenvalue weighted by molar-refractivity contribution is 0.110. The average molecular weight is 575 g/mol. The van der Waals surface area contributed by atoms with Crippen LogP contribution in [0.25, 0.3) is 11.1 Å². The number of epoxide rings is 1. The summed E-state index contributed by atoms with van der Waals surface area (Å²) in [7, 11) is 0. The molecule has 1 aliphatic carbocycles. The van der Waals surface area contributed by atoms with Gasteiger partial charge in [0.1, 0.15) is 11.9 Å². The van der Waals surface area contributed by atoms with Gasteiger partial charge in [0.2, 0.25) is 0 Å². The maximum absolute atomic E-state index is 5.99. The Morgan fingerprint density at radius 1 is 0.721 bits per heavy atom. The largest absolute Gasteiger partial charge is 0.494 e. The van der Waals surface area contributed by atoms with Gasteiger partial charge >= 0.3 is 0 Å². The van der Waals surface area contributed by atoms with Crippen molar-refractivity contribution in [3.8, 4) is 16.9 Å². The molecular weight excluding hydrogens is 528 g/mol. The van der Waals surface area contributed by atoms with Crippen LogP contribution in [0.1, 0.15) is 104 Å². The molecule has 0 aromatic heterocycles. The van der Waals surface area contributed by atoms with Crippen molar-refractivity contribution >= 4 is 0 Å². The number of rotatable bonds is 14.